The van der Waals surface area contributed by atoms with E-state index in [2.05, 4.69) is 4.98 Å². The third kappa shape index (κ3) is 3.58. The molecule has 1 heterocycles. The predicted molar refractivity (Wildman–Crippen MR) is 87.4 cm³/mol. The Hall–Kier alpha value is -2.23. The Bertz CT molecular complexity index is 695. The van der Waals surface area contributed by atoms with Crippen LogP contribution in [0.1, 0.15) is 42.6 Å². The topological polar surface area (TPSA) is 33.2 Å². The quantitative estimate of drug-likeness (QED) is 0.841. The van der Waals surface area contributed by atoms with Gasteiger partial charge in [0.05, 0.1) is 12.5 Å². The van der Waals surface area contributed by atoms with Crippen molar-refractivity contribution in [2.45, 2.75) is 45.2 Å². The molecule has 1 atom stereocenters. The van der Waals surface area contributed by atoms with Crippen LogP contribution in [0.25, 0.3) is 0 Å². The molecule has 1 aliphatic rings. The molecule has 0 bridgehead atoms. The first kappa shape index (κ1) is 15.7. The van der Waals surface area contributed by atoms with Crippen LogP contribution < -0.4 is 0 Å². The lowest BCUT2D eigenvalue weighted by Crippen LogP contribution is -2.37. The summed E-state index contributed by atoms with van der Waals surface area (Å²) in [6, 6.07) is 10.5. The smallest absolute Gasteiger partial charge is 0.227 e. The van der Waals surface area contributed by atoms with Crippen LogP contribution in [-0.4, -0.2) is 21.8 Å². The van der Waals surface area contributed by atoms with Gasteiger partial charge in [-0.3, -0.25) is 9.78 Å². The van der Waals surface area contributed by atoms with Crippen molar-refractivity contribution in [3.05, 3.63) is 65.2 Å². The summed E-state index contributed by atoms with van der Waals surface area (Å²) in [7, 11) is 0. The number of aromatic nitrogens is 1. The van der Waals surface area contributed by atoms with Crippen molar-refractivity contribution in [3.8, 4) is 0 Å². The average molecular weight is 312 g/mol. The number of hydrogen-bond donors (Lipinski definition) is 0. The Kier molecular flexibility index (Phi) is 4.42. The van der Waals surface area contributed by atoms with E-state index in [1.807, 2.05) is 36.9 Å². The van der Waals surface area contributed by atoms with E-state index in [-0.39, 0.29) is 23.8 Å². The minimum absolute atomic E-state index is 0.0360. The second-order valence-corrected chi connectivity index (χ2v) is 6.21. The highest BCUT2D eigenvalue weighted by molar-refractivity contribution is 5.79. The number of hydrogen-bond acceptors (Lipinski definition) is 2. The molecule has 1 saturated carbocycles. The van der Waals surface area contributed by atoms with Crippen molar-refractivity contribution in [1.82, 2.24) is 9.88 Å². The van der Waals surface area contributed by atoms with Gasteiger partial charge in [0.15, 0.2) is 0 Å². The van der Waals surface area contributed by atoms with E-state index in [4.69, 9.17) is 0 Å². The second kappa shape index (κ2) is 6.49. The minimum Gasteiger partial charge on any atom is -0.333 e. The Balaban J connectivity index is 1.79. The molecular weight excluding hydrogens is 291 g/mol. The molecule has 1 aromatic heterocycles. The number of pyridine rings is 1. The molecule has 0 radical (unpaired) electrons. The van der Waals surface area contributed by atoms with Crippen molar-refractivity contribution >= 4 is 5.91 Å². The lowest BCUT2D eigenvalue weighted by molar-refractivity contribution is -0.133. The highest BCUT2D eigenvalue weighted by Crippen LogP contribution is 2.35. The molecule has 0 N–H and O–H groups in total. The van der Waals surface area contributed by atoms with Gasteiger partial charge >= 0.3 is 0 Å². The van der Waals surface area contributed by atoms with Crippen LogP contribution in [0.4, 0.5) is 4.39 Å². The molecule has 0 saturated heterocycles. The van der Waals surface area contributed by atoms with Crippen LogP contribution in [0.3, 0.4) is 0 Å². The summed E-state index contributed by atoms with van der Waals surface area (Å²) in [6.07, 6.45) is 4.04. The van der Waals surface area contributed by atoms with Crippen LogP contribution in [0.15, 0.2) is 42.6 Å². The van der Waals surface area contributed by atoms with E-state index in [1.54, 1.807) is 18.3 Å². The van der Waals surface area contributed by atoms with Gasteiger partial charge in [0.1, 0.15) is 5.82 Å². The number of carbonyl (C=O) groups is 1. The van der Waals surface area contributed by atoms with Crippen LogP contribution >= 0.6 is 0 Å². The van der Waals surface area contributed by atoms with Crippen LogP contribution in [0.2, 0.25) is 0 Å². The molecule has 2 aromatic rings. The number of rotatable bonds is 5. The summed E-state index contributed by atoms with van der Waals surface area (Å²) < 4.78 is 14.1. The van der Waals surface area contributed by atoms with E-state index in [1.165, 1.54) is 6.07 Å². The maximum absolute atomic E-state index is 14.1. The summed E-state index contributed by atoms with van der Waals surface area (Å²) in [4.78, 5) is 18.9. The first-order chi connectivity index (χ1) is 11.1. The molecule has 0 unspecified atom stereocenters. The molecule has 0 aliphatic heterocycles. The fourth-order valence-corrected chi connectivity index (χ4v) is 2.92. The number of benzene rings is 1. The molecule has 1 fully saturated rings. The molecule has 0 spiro atoms. The van der Waals surface area contributed by atoms with Crippen molar-refractivity contribution in [3.63, 3.8) is 0 Å². The Labute approximate surface area is 136 Å². The number of aryl methyl sites for hydroxylation is 1. The molecule has 120 valence electrons. The number of carbonyl (C=O) groups excluding carboxylic acids is 1. The molecule has 1 aromatic carbocycles. The van der Waals surface area contributed by atoms with Crippen LogP contribution in [0.5, 0.6) is 0 Å². The molecule has 3 nitrogen and oxygen atoms in total. The summed E-state index contributed by atoms with van der Waals surface area (Å²) in [5, 5.41) is 0. The molecule has 3 rings (SSSR count). The zero-order valence-electron chi connectivity index (χ0n) is 13.5. The van der Waals surface area contributed by atoms with Crippen molar-refractivity contribution < 1.29 is 9.18 Å². The normalized spacial score (nSPS) is 15.3. The summed E-state index contributed by atoms with van der Waals surface area (Å²) in [5.74, 6) is -0.218. The highest BCUT2D eigenvalue weighted by atomic mass is 19.1. The van der Waals surface area contributed by atoms with E-state index >= 15 is 0 Å². The fourth-order valence-electron chi connectivity index (χ4n) is 2.92. The first-order valence-electron chi connectivity index (χ1n) is 8.03. The summed E-state index contributed by atoms with van der Waals surface area (Å²) in [5.41, 5.74) is 2.40. The SMILES string of the molecule is Cc1ccc(CC(=O)N(C2CC2)[C@H](C)c2ccccc2F)cn1. The zero-order chi connectivity index (χ0) is 16.4. The van der Waals surface area contributed by atoms with Gasteiger partial charge in [-0.05, 0) is 44.4 Å². The minimum atomic E-state index is -0.255. The lowest BCUT2D eigenvalue weighted by atomic mass is 10.0. The van der Waals surface area contributed by atoms with Crippen molar-refractivity contribution in [2.24, 2.45) is 0 Å². The van der Waals surface area contributed by atoms with E-state index in [0.29, 0.717) is 12.0 Å². The van der Waals surface area contributed by atoms with Gasteiger partial charge in [0.2, 0.25) is 5.91 Å². The van der Waals surface area contributed by atoms with Gasteiger partial charge in [-0.25, -0.2) is 4.39 Å². The van der Waals surface area contributed by atoms with E-state index in [0.717, 1.165) is 24.1 Å². The van der Waals surface area contributed by atoms with Crippen molar-refractivity contribution in [1.29, 1.82) is 0 Å². The summed E-state index contributed by atoms with van der Waals surface area (Å²) >= 11 is 0. The maximum atomic E-state index is 14.1. The number of nitrogens with zero attached hydrogens (tertiary/aromatic N) is 2. The van der Waals surface area contributed by atoms with Gasteiger partial charge in [0, 0.05) is 23.5 Å². The monoisotopic (exact) mass is 312 g/mol. The van der Waals surface area contributed by atoms with E-state index in [9.17, 15) is 9.18 Å². The zero-order valence-corrected chi connectivity index (χ0v) is 13.5. The first-order valence-corrected chi connectivity index (χ1v) is 8.03. The average Bonchev–Trinajstić information content (AvgIpc) is 3.35. The predicted octanol–water partition coefficient (Wildman–Crippen LogP) is 3.82. The Morgan fingerprint density at radius 3 is 2.65 bits per heavy atom. The third-order valence-electron chi connectivity index (χ3n) is 4.33. The molecule has 1 aliphatic carbocycles. The van der Waals surface area contributed by atoms with Gasteiger partial charge in [0.25, 0.3) is 0 Å². The number of amides is 1. The van der Waals surface area contributed by atoms with Gasteiger partial charge in [-0.15, -0.1) is 0 Å². The molecular formula is C19H21FN2O. The molecule has 1 amide bonds. The summed E-state index contributed by atoms with van der Waals surface area (Å²) in [6.45, 7) is 3.82. The molecule has 23 heavy (non-hydrogen) atoms. The second-order valence-electron chi connectivity index (χ2n) is 6.21. The van der Waals surface area contributed by atoms with Gasteiger partial charge < -0.3 is 4.90 Å². The Morgan fingerprint density at radius 2 is 2.04 bits per heavy atom. The molecule has 4 heteroatoms. The third-order valence-corrected chi connectivity index (χ3v) is 4.33. The fraction of sp³-hybridized carbons (Fsp3) is 0.368. The Morgan fingerprint density at radius 1 is 1.30 bits per heavy atom. The highest BCUT2D eigenvalue weighted by Gasteiger charge is 2.36. The van der Waals surface area contributed by atoms with Crippen molar-refractivity contribution in [2.75, 3.05) is 0 Å². The van der Waals surface area contributed by atoms with Crippen LogP contribution in [0, 0.1) is 12.7 Å². The lowest BCUT2D eigenvalue weighted by Gasteiger charge is -2.30. The van der Waals surface area contributed by atoms with Crippen LogP contribution in [-0.2, 0) is 11.2 Å². The van der Waals surface area contributed by atoms with E-state index < -0.39 is 0 Å². The number of halogens is 1. The standard InChI is InChI=1S/C19H21FN2O/c1-13-7-8-15(12-21-13)11-19(23)22(16-9-10-16)14(2)17-5-3-4-6-18(17)20/h3-8,12,14,16H,9-11H2,1-2H3/t14-/m1/s1. The maximum Gasteiger partial charge on any atom is 0.227 e. The van der Waals surface area contributed by atoms with Gasteiger partial charge in [-0.2, -0.15) is 0 Å². The van der Waals surface area contributed by atoms with Gasteiger partial charge in [-0.1, -0.05) is 24.3 Å². The largest absolute Gasteiger partial charge is 0.333 e.